The van der Waals surface area contributed by atoms with Crippen LogP contribution >= 0.6 is 0 Å². The lowest BCUT2D eigenvalue weighted by atomic mass is 11.2. The van der Waals surface area contributed by atoms with E-state index in [1.807, 2.05) is 14.1 Å². The maximum Gasteiger partial charge on any atom is 0.0689 e. The molecule has 0 rings (SSSR count). The van der Waals surface area contributed by atoms with E-state index in [0.717, 1.165) is 0 Å². The van der Waals surface area contributed by atoms with Gasteiger partial charge in [0.05, 0.1) is 5.09 Å². The van der Waals surface area contributed by atoms with Crippen LogP contribution in [-0.2, 0) is 0 Å². The van der Waals surface area contributed by atoms with Crippen LogP contribution in [0.3, 0.4) is 0 Å². The first-order chi connectivity index (χ1) is 4.00. The molecule has 0 saturated heterocycles. The van der Waals surface area contributed by atoms with Gasteiger partial charge in [0.15, 0.2) is 0 Å². The second-order valence-electron chi connectivity index (χ2n) is 1.28. The normalized spacial score (nSPS) is 8.00. The number of hydrogen-bond donors (Lipinski definition) is 2. The van der Waals surface area contributed by atoms with Gasteiger partial charge in [-0.15, -0.1) is 5.53 Å². The van der Waals surface area contributed by atoms with Crippen molar-refractivity contribution in [2.24, 2.45) is 0 Å². The van der Waals surface area contributed by atoms with Crippen LogP contribution in [0.5, 0.6) is 0 Å². The molecule has 7 nitrogen and oxygen atoms in total. The van der Waals surface area contributed by atoms with E-state index in [9.17, 15) is 0 Å². The highest BCUT2D eigenvalue weighted by Crippen LogP contribution is 1.44. The van der Waals surface area contributed by atoms with Gasteiger partial charge < -0.3 is 15.3 Å². The minimum Gasteiger partial charge on any atom is -0.356 e. The standard InChI is InChI=1S/C2H9N3.NO3/c1-5(2)4-3;2-1(3)4/h4H,3H2,1-2H3;/q;-1/p+1. The Morgan fingerprint density at radius 1 is 1.56 bits per heavy atom. The lowest BCUT2D eigenvalue weighted by Crippen LogP contribution is -2.69. The van der Waals surface area contributed by atoms with Crippen LogP contribution in [0.1, 0.15) is 0 Å². The second kappa shape index (κ2) is 7.08. The van der Waals surface area contributed by atoms with Crippen LogP contribution in [0.15, 0.2) is 0 Å². The fourth-order valence-electron chi connectivity index (χ4n) is 0. The third kappa shape index (κ3) is 157. The van der Waals surface area contributed by atoms with E-state index in [2.05, 4.69) is 11.4 Å². The Morgan fingerprint density at radius 3 is 1.67 bits per heavy atom. The molecule has 0 atom stereocenters. The molecule has 0 amide bonds. The lowest BCUT2D eigenvalue weighted by molar-refractivity contribution is -0.483. The third-order valence-corrected chi connectivity index (χ3v) is 0.316. The van der Waals surface area contributed by atoms with Crippen LogP contribution in [0, 0.1) is 15.3 Å². The second-order valence-corrected chi connectivity index (χ2v) is 1.28. The van der Waals surface area contributed by atoms with Gasteiger partial charge in [0.1, 0.15) is 0 Å². The van der Waals surface area contributed by atoms with Crippen molar-refractivity contribution in [2.75, 3.05) is 14.1 Å². The van der Waals surface area contributed by atoms with Crippen molar-refractivity contribution in [3.63, 3.8) is 0 Å². The minimum atomic E-state index is -1.75. The van der Waals surface area contributed by atoms with Crippen molar-refractivity contribution in [3.8, 4) is 0 Å². The summed E-state index contributed by atoms with van der Waals surface area (Å²) in [6.07, 6.45) is 0. The SMILES string of the molecule is CN(C)N[NH3+].O=[N+]([O-])[O-]. The molecule has 0 aliphatic rings. The number of quaternary nitrogens is 1. The maximum absolute atomic E-state index is 8.25. The molecule has 56 valence electrons. The number of nitrogens with one attached hydrogen (secondary N) is 1. The summed E-state index contributed by atoms with van der Waals surface area (Å²) in [6.45, 7) is 0. The van der Waals surface area contributed by atoms with Crippen molar-refractivity contribution in [1.82, 2.24) is 10.5 Å². The molecule has 0 aliphatic heterocycles. The zero-order valence-corrected chi connectivity index (χ0v) is 5.33. The largest absolute Gasteiger partial charge is 0.356 e. The Kier molecular flexibility index (Phi) is 8.62. The van der Waals surface area contributed by atoms with Crippen LogP contribution in [0.4, 0.5) is 0 Å². The highest BCUT2D eigenvalue weighted by atomic mass is 16.9. The molecule has 0 radical (unpaired) electrons. The summed E-state index contributed by atoms with van der Waals surface area (Å²) < 4.78 is 0. The zero-order valence-electron chi connectivity index (χ0n) is 5.33. The van der Waals surface area contributed by atoms with Crippen molar-refractivity contribution < 1.29 is 10.9 Å². The van der Waals surface area contributed by atoms with Gasteiger partial charge in [-0.25, -0.2) is 5.01 Å². The Hall–Kier alpha value is -0.920. The molecule has 0 bridgehead atoms. The van der Waals surface area contributed by atoms with E-state index in [4.69, 9.17) is 15.3 Å². The molecule has 0 aromatic carbocycles. The first-order valence-corrected chi connectivity index (χ1v) is 2.02. The van der Waals surface area contributed by atoms with Gasteiger partial charge in [0.25, 0.3) is 0 Å². The van der Waals surface area contributed by atoms with Gasteiger partial charge in [-0.1, -0.05) is 0 Å². The fourth-order valence-corrected chi connectivity index (χ4v) is 0. The predicted octanol–water partition coefficient (Wildman–Crippen LogP) is -2.03. The van der Waals surface area contributed by atoms with Crippen LogP contribution < -0.4 is 11.4 Å². The van der Waals surface area contributed by atoms with Crippen LogP contribution in [0.25, 0.3) is 0 Å². The topological polar surface area (TPSA) is 109 Å². The number of hydrogen-bond acceptors (Lipinski definition) is 5. The quantitative estimate of drug-likeness (QED) is 0.321. The van der Waals surface area contributed by atoms with Crippen molar-refractivity contribution in [2.45, 2.75) is 0 Å². The summed E-state index contributed by atoms with van der Waals surface area (Å²) in [5, 5.41) is 16.5. The van der Waals surface area contributed by atoms with Crippen LogP contribution in [-0.4, -0.2) is 24.2 Å². The summed E-state index contributed by atoms with van der Waals surface area (Å²) >= 11 is 0. The maximum atomic E-state index is 8.25. The number of nitrogens with zero attached hydrogens (tertiary/aromatic N) is 2. The van der Waals surface area contributed by atoms with Gasteiger partial charge in [-0.05, 0) is 0 Å². The van der Waals surface area contributed by atoms with E-state index in [1.54, 1.807) is 5.01 Å². The molecule has 0 aromatic rings. The highest BCUT2D eigenvalue weighted by molar-refractivity contribution is 4.04. The summed E-state index contributed by atoms with van der Waals surface area (Å²) in [5.74, 6) is 3.36. The Labute approximate surface area is 52.1 Å². The highest BCUT2D eigenvalue weighted by Gasteiger charge is 1.72. The molecule has 0 saturated carbocycles. The van der Waals surface area contributed by atoms with Gasteiger partial charge in [-0.3, -0.25) is 5.84 Å². The molecule has 0 spiro atoms. The summed E-state index contributed by atoms with van der Waals surface area (Å²) in [5.41, 5.74) is 2.61. The smallest absolute Gasteiger partial charge is 0.0689 e. The third-order valence-electron chi connectivity index (χ3n) is 0.316. The molecule has 0 aliphatic carbocycles. The monoisotopic (exact) mass is 138 g/mol. The molecular formula is C2H10N4O3. The van der Waals surface area contributed by atoms with Gasteiger partial charge in [0.2, 0.25) is 0 Å². The van der Waals surface area contributed by atoms with E-state index >= 15 is 0 Å². The van der Waals surface area contributed by atoms with Crippen LogP contribution in [0.2, 0.25) is 0 Å². The molecule has 7 heteroatoms. The Bertz CT molecular complexity index is 70.2. The van der Waals surface area contributed by atoms with Crippen molar-refractivity contribution in [3.05, 3.63) is 15.3 Å². The Balaban J connectivity index is 0. The molecule has 0 aromatic heterocycles. The lowest BCUT2D eigenvalue weighted by Gasteiger charge is -1.98. The van der Waals surface area contributed by atoms with Crippen molar-refractivity contribution in [1.29, 1.82) is 0 Å². The van der Waals surface area contributed by atoms with E-state index in [-0.39, 0.29) is 0 Å². The molecule has 4 N–H and O–H groups in total. The van der Waals surface area contributed by atoms with E-state index in [0.29, 0.717) is 0 Å². The molecule has 0 fully saturated rings. The van der Waals surface area contributed by atoms with E-state index < -0.39 is 5.09 Å². The summed E-state index contributed by atoms with van der Waals surface area (Å²) in [4.78, 5) is 8.25. The summed E-state index contributed by atoms with van der Waals surface area (Å²) in [7, 11) is 3.76. The summed E-state index contributed by atoms with van der Waals surface area (Å²) in [6, 6.07) is 0. The average molecular weight is 138 g/mol. The zero-order chi connectivity index (χ0) is 7.86. The molecular weight excluding hydrogens is 128 g/mol. The average Bonchev–Trinajstić information content (AvgIpc) is 1.65. The van der Waals surface area contributed by atoms with Gasteiger partial charge >= 0.3 is 0 Å². The minimum absolute atomic E-state index is 1.75. The predicted molar refractivity (Wildman–Crippen MR) is 30.1 cm³/mol. The van der Waals surface area contributed by atoms with E-state index in [1.165, 1.54) is 0 Å². The Morgan fingerprint density at radius 2 is 1.67 bits per heavy atom. The number of hydrazine groups is 1. The van der Waals surface area contributed by atoms with Gasteiger partial charge in [-0.2, -0.15) is 0 Å². The molecule has 9 heavy (non-hydrogen) atoms. The first-order valence-electron chi connectivity index (χ1n) is 2.02. The van der Waals surface area contributed by atoms with Gasteiger partial charge in [0, 0.05) is 14.1 Å². The number of rotatable bonds is 1. The fraction of sp³-hybridized carbons (Fsp3) is 1.00. The first kappa shape index (κ1) is 11.0. The molecule has 0 heterocycles. The van der Waals surface area contributed by atoms with Crippen molar-refractivity contribution >= 4 is 0 Å². The molecule has 0 unspecified atom stereocenters.